The molecule has 0 spiro atoms. The maximum atomic E-state index is 13.2. The number of anilines is 1. The van der Waals surface area contributed by atoms with Crippen molar-refractivity contribution in [3.05, 3.63) is 68.0 Å². The third kappa shape index (κ3) is 5.94. The van der Waals surface area contributed by atoms with E-state index in [9.17, 15) is 14.4 Å². The number of aryl methyl sites for hydroxylation is 1. The average Bonchev–Trinajstić information content (AvgIpc) is 3.19. The quantitative estimate of drug-likeness (QED) is 0.333. The summed E-state index contributed by atoms with van der Waals surface area (Å²) in [6, 6.07) is 7.69. The van der Waals surface area contributed by atoms with Crippen LogP contribution in [-0.2, 0) is 9.53 Å². The van der Waals surface area contributed by atoms with Crippen LogP contribution in [-0.4, -0.2) is 45.7 Å². The van der Waals surface area contributed by atoms with Crippen LogP contribution < -0.4 is 10.6 Å². The first-order valence-corrected chi connectivity index (χ1v) is 11.1. The summed E-state index contributed by atoms with van der Waals surface area (Å²) >= 11 is 15.6. The monoisotopic (exact) mass is 563 g/mol. The number of aromatic nitrogens is 3. The molecule has 0 bridgehead atoms. The molecule has 0 aliphatic rings. The number of amides is 2. The predicted octanol–water partition coefficient (Wildman–Crippen LogP) is 3.80. The molecule has 3 rings (SSSR count). The zero-order valence-electron chi connectivity index (χ0n) is 17.6. The molecule has 9 nitrogen and oxygen atoms in total. The second-order valence-electron chi connectivity index (χ2n) is 6.72. The molecular weight excluding hydrogens is 549 g/mol. The smallest absolute Gasteiger partial charge is 0.326 e. The van der Waals surface area contributed by atoms with Crippen LogP contribution in [0.5, 0.6) is 0 Å². The maximum absolute atomic E-state index is 13.2. The number of carbonyl (C=O) groups is 3. The number of halogens is 3. The van der Waals surface area contributed by atoms with Crippen molar-refractivity contribution in [3.63, 3.8) is 0 Å². The van der Waals surface area contributed by atoms with Gasteiger partial charge in [-0.25, -0.2) is 9.67 Å². The lowest BCUT2D eigenvalue weighted by atomic mass is 10.1. The van der Waals surface area contributed by atoms with Crippen molar-refractivity contribution in [2.45, 2.75) is 6.92 Å². The molecule has 0 aliphatic carbocycles. The van der Waals surface area contributed by atoms with Gasteiger partial charge in [-0.3, -0.25) is 14.4 Å². The zero-order chi connectivity index (χ0) is 24.8. The van der Waals surface area contributed by atoms with E-state index < -0.39 is 24.3 Å². The third-order valence-electron chi connectivity index (χ3n) is 4.35. The largest absolute Gasteiger partial charge is 0.451 e. The Morgan fingerprint density at radius 2 is 2.00 bits per heavy atom. The number of hydrogen-bond acceptors (Lipinski definition) is 6. The van der Waals surface area contributed by atoms with E-state index in [0.29, 0.717) is 10.2 Å². The predicted molar refractivity (Wildman–Crippen MR) is 130 cm³/mol. The fourth-order valence-electron chi connectivity index (χ4n) is 2.90. The number of rotatable bonds is 7. The highest BCUT2D eigenvalue weighted by Gasteiger charge is 2.22. The Bertz CT molecular complexity index is 1320. The number of hydrogen-bond donors (Lipinski definition) is 2. The normalized spacial score (nSPS) is 10.3. The van der Waals surface area contributed by atoms with Crippen molar-refractivity contribution < 1.29 is 19.1 Å². The highest BCUT2D eigenvalue weighted by Crippen LogP contribution is 2.27. The van der Waals surface area contributed by atoms with Gasteiger partial charge in [-0.2, -0.15) is 5.10 Å². The van der Waals surface area contributed by atoms with Crippen LogP contribution in [0.15, 0.2) is 41.1 Å². The van der Waals surface area contributed by atoms with Crippen LogP contribution in [0.3, 0.4) is 0 Å². The molecule has 12 heteroatoms. The molecule has 0 saturated heterocycles. The summed E-state index contributed by atoms with van der Waals surface area (Å²) in [7, 11) is 0. The van der Waals surface area contributed by atoms with Crippen molar-refractivity contribution in [3.8, 4) is 18.2 Å². The van der Waals surface area contributed by atoms with Gasteiger partial charge in [-0.1, -0.05) is 29.1 Å². The molecule has 0 saturated carbocycles. The topological polar surface area (TPSA) is 115 Å². The number of benzene rings is 1. The van der Waals surface area contributed by atoms with Gasteiger partial charge in [0, 0.05) is 17.3 Å². The van der Waals surface area contributed by atoms with Gasteiger partial charge in [0.05, 0.1) is 16.3 Å². The van der Waals surface area contributed by atoms with Crippen molar-refractivity contribution in [1.82, 2.24) is 20.1 Å². The van der Waals surface area contributed by atoms with E-state index in [1.807, 2.05) is 0 Å². The van der Waals surface area contributed by atoms with Gasteiger partial charge in [0.25, 0.3) is 11.8 Å². The summed E-state index contributed by atoms with van der Waals surface area (Å²) < 4.78 is 6.37. The molecule has 3 aromatic rings. The Morgan fingerprint density at radius 1 is 1.24 bits per heavy atom. The Balaban J connectivity index is 1.90. The number of ether oxygens (including phenoxy) is 1. The molecule has 2 heterocycles. The molecule has 34 heavy (non-hydrogen) atoms. The number of esters is 1. The van der Waals surface area contributed by atoms with Crippen LogP contribution in [0, 0.1) is 19.3 Å². The summed E-state index contributed by atoms with van der Waals surface area (Å²) in [4.78, 5) is 41.8. The van der Waals surface area contributed by atoms with Gasteiger partial charge in [-0.05, 0) is 52.7 Å². The van der Waals surface area contributed by atoms with E-state index in [2.05, 4.69) is 42.6 Å². The molecule has 2 aromatic heterocycles. The van der Waals surface area contributed by atoms with Gasteiger partial charge >= 0.3 is 5.97 Å². The van der Waals surface area contributed by atoms with Crippen LogP contribution in [0.4, 0.5) is 5.69 Å². The molecule has 0 atom stereocenters. The second kappa shape index (κ2) is 11.2. The number of nitrogens with one attached hydrogen (secondary N) is 2. The van der Waals surface area contributed by atoms with Crippen molar-refractivity contribution in [2.24, 2.45) is 0 Å². The lowest BCUT2D eigenvalue weighted by molar-refractivity contribution is -0.140. The van der Waals surface area contributed by atoms with Gasteiger partial charge < -0.3 is 15.4 Å². The summed E-state index contributed by atoms with van der Waals surface area (Å²) in [6.07, 6.45) is 6.55. The fraction of sp³-hybridized carbons (Fsp3) is 0.136. The lowest BCUT2D eigenvalue weighted by Crippen LogP contribution is -2.31. The Hall–Kier alpha value is -3.39. The van der Waals surface area contributed by atoms with Gasteiger partial charge in [-0.15, -0.1) is 6.42 Å². The molecule has 0 aliphatic heterocycles. The molecule has 174 valence electrons. The van der Waals surface area contributed by atoms with E-state index in [4.69, 9.17) is 34.4 Å². The van der Waals surface area contributed by atoms with Crippen LogP contribution in [0.25, 0.3) is 5.82 Å². The molecule has 1 aromatic carbocycles. The summed E-state index contributed by atoms with van der Waals surface area (Å²) in [6.45, 7) is 1.04. The molecular formula is C22H16BrCl2N5O4. The number of pyridine rings is 1. The Kier molecular flexibility index (Phi) is 8.28. The van der Waals surface area contributed by atoms with Crippen LogP contribution in [0.2, 0.25) is 10.0 Å². The molecule has 0 radical (unpaired) electrons. The number of carbonyl (C=O) groups excluding carboxylic acids is 3. The molecule has 0 fully saturated rings. The van der Waals surface area contributed by atoms with E-state index in [1.54, 1.807) is 25.1 Å². The van der Waals surface area contributed by atoms with Gasteiger partial charge in [0.15, 0.2) is 12.4 Å². The van der Waals surface area contributed by atoms with Crippen LogP contribution in [0.1, 0.15) is 26.4 Å². The van der Waals surface area contributed by atoms with Gasteiger partial charge in [0.1, 0.15) is 16.8 Å². The third-order valence-corrected chi connectivity index (χ3v) is 5.25. The lowest BCUT2D eigenvalue weighted by Gasteiger charge is -2.15. The molecule has 2 amide bonds. The first-order chi connectivity index (χ1) is 16.2. The minimum absolute atomic E-state index is 0.0455. The van der Waals surface area contributed by atoms with E-state index in [-0.39, 0.29) is 39.4 Å². The van der Waals surface area contributed by atoms with Crippen molar-refractivity contribution in [1.29, 1.82) is 0 Å². The summed E-state index contributed by atoms with van der Waals surface area (Å²) in [5, 5.41) is 9.92. The van der Waals surface area contributed by atoms with Crippen LogP contribution >= 0.6 is 39.1 Å². The standard InChI is InChI=1S/C22H16BrCl2N5O4/c1-3-7-34-18(31)11-27-21(32)14-9-13(24)8-12(2)19(14)28-22(33)16-10-17(23)29-30(16)20-15(25)5-4-6-26-20/h1,4-6,8-10H,7,11H2,2H3,(H,27,32)(H,28,33). The molecule has 2 N–H and O–H groups in total. The highest BCUT2D eigenvalue weighted by molar-refractivity contribution is 9.10. The van der Waals surface area contributed by atoms with E-state index in [1.165, 1.54) is 23.0 Å². The average molecular weight is 565 g/mol. The second-order valence-corrected chi connectivity index (χ2v) is 8.38. The first-order valence-electron chi connectivity index (χ1n) is 9.56. The summed E-state index contributed by atoms with van der Waals surface area (Å²) in [5.41, 5.74) is 0.858. The Morgan fingerprint density at radius 3 is 2.71 bits per heavy atom. The minimum atomic E-state index is -0.711. The summed E-state index contributed by atoms with van der Waals surface area (Å²) in [5.74, 6) is 0.450. The maximum Gasteiger partial charge on any atom is 0.326 e. The minimum Gasteiger partial charge on any atom is -0.451 e. The first kappa shape index (κ1) is 25.2. The van der Waals surface area contributed by atoms with E-state index >= 15 is 0 Å². The zero-order valence-corrected chi connectivity index (χ0v) is 20.7. The highest BCUT2D eigenvalue weighted by atomic mass is 79.9. The SMILES string of the molecule is C#CCOC(=O)CNC(=O)c1cc(Cl)cc(C)c1NC(=O)c1cc(Br)nn1-c1ncccc1Cl. The van der Waals surface area contributed by atoms with Crippen molar-refractivity contribution >= 4 is 62.6 Å². The number of terminal acetylenes is 1. The van der Waals surface area contributed by atoms with E-state index in [0.717, 1.165) is 0 Å². The number of nitrogens with zero attached hydrogens (tertiary/aromatic N) is 3. The molecule has 0 unspecified atom stereocenters. The Labute approximate surface area is 212 Å². The van der Waals surface area contributed by atoms with Crippen molar-refractivity contribution in [2.75, 3.05) is 18.5 Å². The fourth-order valence-corrected chi connectivity index (χ4v) is 3.74. The van der Waals surface area contributed by atoms with Gasteiger partial charge in [0.2, 0.25) is 0 Å².